The van der Waals surface area contributed by atoms with Crippen LogP contribution in [0.4, 0.5) is 21.0 Å². The number of rotatable bonds is 5. The minimum Gasteiger partial charge on any atom is -0.453 e. The van der Waals surface area contributed by atoms with Gasteiger partial charge in [0.1, 0.15) is 19.0 Å². The van der Waals surface area contributed by atoms with Crippen molar-refractivity contribution in [3.63, 3.8) is 0 Å². The predicted molar refractivity (Wildman–Crippen MR) is 166 cm³/mol. The molecule has 1 aliphatic heterocycles. The lowest BCUT2D eigenvalue weighted by Crippen LogP contribution is -2.28. The number of carbonyl (C=O) groups excluding carboxylic acids is 3. The Labute approximate surface area is 266 Å². The summed E-state index contributed by atoms with van der Waals surface area (Å²) in [7, 11) is 1.24. The fraction of sp³-hybridized carbons (Fsp3) is 0.129. The van der Waals surface area contributed by atoms with Crippen molar-refractivity contribution in [2.24, 2.45) is 0 Å². The van der Waals surface area contributed by atoms with Crippen LogP contribution in [-0.4, -0.2) is 50.4 Å². The van der Waals surface area contributed by atoms with Gasteiger partial charge >= 0.3 is 12.2 Å². The van der Waals surface area contributed by atoms with E-state index in [1.165, 1.54) is 36.5 Å². The molecule has 3 heterocycles. The number of nitrogens with zero attached hydrogens (tertiary/aromatic N) is 5. The van der Waals surface area contributed by atoms with Crippen molar-refractivity contribution in [2.45, 2.75) is 19.1 Å². The number of carbonyl (C=O) groups is 3. The van der Waals surface area contributed by atoms with E-state index in [4.69, 9.17) is 20.8 Å². The zero-order valence-electron chi connectivity index (χ0n) is 24.1. The van der Waals surface area contributed by atoms with Crippen LogP contribution in [0.15, 0.2) is 83.7 Å². The van der Waals surface area contributed by atoms with Crippen LogP contribution in [0.3, 0.4) is 0 Å². The fourth-order valence-corrected chi connectivity index (χ4v) is 4.96. The van der Waals surface area contributed by atoms with Crippen molar-refractivity contribution in [1.82, 2.24) is 30.5 Å². The molecular weight excluding hydrogens is 616 g/mol. The Kier molecular flexibility index (Phi) is 8.69. The smallest absolute Gasteiger partial charge is 0.411 e. The molecule has 0 aliphatic carbocycles. The molecule has 3 aromatic carbocycles. The molecule has 0 radical (unpaired) electrons. The van der Waals surface area contributed by atoms with Crippen LogP contribution in [0.1, 0.15) is 28.6 Å². The largest absolute Gasteiger partial charge is 0.453 e. The number of benzene rings is 3. The molecule has 0 spiro atoms. The summed E-state index contributed by atoms with van der Waals surface area (Å²) in [6, 6.07) is 16.7. The lowest BCUT2D eigenvalue weighted by molar-refractivity contribution is -0.117. The highest BCUT2D eigenvalue weighted by molar-refractivity contribution is 6.30. The van der Waals surface area contributed by atoms with E-state index >= 15 is 0 Å². The van der Waals surface area contributed by atoms with Crippen LogP contribution in [0, 0.1) is 0 Å². The highest BCUT2D eigenvalue weighted by atomic mass is 35.5. The minimum absolute atomic E-state index is 0.00171. The van der Waals surface area contributed by atoms with Gasteiger partial charge in [-0.25, -0.2) is 14.6 Å². The van der Waals surface area contributed by atoms with Crippen LogP contribution in [0.25, 0.3) is 23.1 Å². The van der Waals surface area contributed by atoms with Gasteiger partial charge in [-0.05, 0) is 64.0 Å². The highest BCUT2D eigenvalue weighted by Crippen LogP contribution is 2.33. The Hall–Kier alpha value is -6.02. The van der Waals surface area contributed by atoms with Gasteiger partial charge in [-0.2, -0.15) is 4.68 Å². The van der Waals surface area contributed by atoms with Crippen molar-refractivity contribution in [1.29, 1.82) is 0 Å². The number of hydrogen-bond acceptors (Lipinski definition) is 10. The summed E-state index contributed by atoms with van der Waals surface area (Å²) >= 11 is 6.22. The first kappa shape index (κ1) is 30.0. The molecule has 14 nitrogen and oxygen atoms in total. The van der Waals surface area contributed by atoms with E-state index in [1.54, 1.807) is 36.4 Å². The monoisotopic (exact) mass is 640 g/mol. The summed E-state index contributed by atoms with van der Waals surface area (Å²) in [4.78, 5) is 42.3. The number of fused-ring (bicyclic) bond motifs is 6. The molecule has 3 N–H and O–H groups in total. The second-order valence-electron chi connectivity index (χ2n) is 10.0. The molecule has 1 aliphatic rings. The summed E-state index contributed by atoms with van der Waals surface area (Å²) in [5.41, 5.74) is 3.94. The van der Waals surface area contributed by atoms with Gasteiger partial charge in [-0.15, -0.1) is 5.10 Å². The van der Waals surface area contributed by atoms with Gasteiger partial charge in [0.25, 0.3) is 0 Å². The third-order valence-electron chi connectivity index (χ3n) is 6.89. The van der Waals surface area contributed by atoms with Gasteiger partial charge in [0.2, 0.25) is 11.8 Å². The highest BCUT2D eigenvalue weighted by Gasteiger charge is 2.23. The van der Waals surface area contributed by atoms with Crippen molar-refractivity contribution in [3.8, 4) is 17.0 Å². The number of tetrazole rings is 1. The number of ether oxygens (including phenoxy) is 2. The molecule has 2 aromatic heterocycles. The molecule has 1 atom stereocenters. The van der Waals surface area contributed by atoms with Crippen molar-refractivity contribution < 1.29 is 28.3 Å². The van der Waals surface area contributed by atoms with Gasteiger partial charge < -0.3 is 19.2 Å². The number of cyclic esters (lactones) is 1. The Morgan fingerprint density at radius 2 is 2.00 bits per heavy atom. The van der Waals surface area contributed by atoms with E-state index in [9.17, 15) is 14.4 Å². The second-order valence-corrected chi connectivity index (χ2v) is 10.5. The Bertz CT molecular complexity index is 1940. The molecule has 232 valence electrons. The standard InChI is InChI=1S/C31H25ClN8O6/c1-44-30(42)35-22-7-8-23-24(14-22)37-31(43)45-16-19-4-2-3-18(11-19)12-25(29-33-15-27(23)46-29)36-28(41)10-5-20-13-21(32)6-9-26(20)40-17-34-38-39-40/h2-11,13-15,17,25H,12,16H2,1H3,(H,35,42)(H,36,41)(H,37,43)/b10-5+. The molecule has 5 aromatic rings. The SMILES string of the molecule is COC(=O)Nc1ccc2c(c1)NC(=O)OCc1cccc(c1)CC(NC(=O)/C=C/c1cc(Cl)ccc1-n1cnnn1)c1ncc-2o1. The first-order valence-electron chi connectivity index (χ1n) is 13.8. The zero-order chi connectivity index (χ0) is 32.0. The normalized spacial score (nSPS) is 14.4. The fourth-order valence-electron chi connectivity index (χ4n) is 4.78. The van der Waals surface area contributed by atoms with Crippen LogP contribution in [0.2, 0.25) is 5.02 Å². The summed E-state index contributed by atoms with van der Waals surface area (Å²) in [6.07, 6.45) is 4.85. The predicted octanol–water partition coefficient (Wildman–Crippen LogP) is 5.32. The molecular formula is C31H25ClN8O6. The van der Waals surface area contributed by atoms with E-state index < -0.39 is 24.1 Å². The quantitative estimate of drug-likeness (QED) is 0.213. The molecule has 0 saturated carbocycles. The molecule has 1 unspecified atom stereocenters. The molecule has 0 fully saturated rings. The number of halogens is 1. The maximum atomic E-state index is 13.3. The number of methoxy groups -OCH3 is 1. The van der Waals surface area contributed by atoms with Gasteiger partial charge in [0, 0.05) is 34.3 Å². The first-order valence-corrected chi connectivity index (χ1v) is 14.2. The van der Waals surface area contributed by atoms with Crippen molar-refractivity contribution in [3.05, 3.63) is 107 Å². The van der Waals surface area contributed by atoms with E-state index in [0.29, 0.717) is 39.7 Å². The summed E-state index contributed by atoms with van der Waals surface area (Å²) in [5.74, 6) is 0.126. The van der Waals surface area contributed by atoms with Gasteiger partial charge in [-0.3, -0.25) is 15.4 Å². The van der Waals surface area contributed by atoms with E-state index in [1.807, 2.05) is 24.3 Å². The molecule has 46 heavy (non-hydrogen) atoms. The van der Waals surface area contributed by atoms with Crippen LogP contribution < -0.4 is 16.0 Å². The summed E-state index contributed by atoms with van der Waals surface area (Å²) in [6.45, 7) is -0.00171. The molecule has 3 amide bonds. The molecule has 4 bridgehead atoms. The maximum Gasteiger partial charge on any atom is 0.411 e. The number of nitrogens with one attached hydrogen (secondary N) is 3. The third-order valence-corrected chi connectivity index (χ3v) is 7.13. The van der Waals surface area contributed by atoms with E-state index in [0.717, 1.165) is 11.1 Å². The van der Waals surface area contributed by atoms with Crippen LogP contribution >= 0.6 is 11.6 Å². The number of oxazole rings is 1. The minimum atomic E-state index is -0.710. The second kappa shape index (κ2) is 13.3. The number of amides is 3. The topological polar surface area (TPSA) is 175 Å². The van der Waals surface area contributed by atoms with Crippen LogP contribution in [-0.2, 0) is 27.3 Å². The molecule has 6 rings (SSSR count). The zero-order valence-corrected chi connectivity index (χ0v) is 24.9. The first-order chi connectivity index (χ1) is 22.3. The van der Waals surface area contributed by atoms with Crippen molar-refractivity contribution in [2.75, 3.05) is 17.7 Å². The maximum absolute atomic E-state index is 13.3. The molecule has 0 saturated heterocycles. The van der Waals surface area contributed by atoms with Gasteiger partial charge in [0.15, 0.2) is 5.76 Å². The number of aromatic nitrogens is 5. The van der Waals surface area contributed by atoms with E-state index in [-0.39, 0.29) is 18.2 Å². The van der Waals surface area contributed by atoms with E-state index in [2.05, 4.69) is 41.2 Å². The van der Waals surface area contributed by atoms with Gasteiger partial charge in [0.05, 0.1) is 24.7 Å². The van der Waals surface area contributed by atoms with Crippen molar-refractivity contribution >= 4 is 47.1 Å². The number of hydrogen-bond donors (Lipinski definition) is 3. The number of anilines is 2. The lowest BCUT2D eigenvalue weighted by atomic mass is 10.0. The Morgan fingerprint density at radius 1 is 1.13 bits per heavy atom. The average molecular weight is 641 g/mol. The van der Waals surface area contributed by atoms with Crippen LogP contribution in [0.5, 0.6) is 0 Å². The molecule has 15 heteroatoms. The van der Waals surface area contributed by atoms with Gasteiger partial charge in [-0.1, -0.05) is 35.9 Å². The Morgan fingerprint density at radius 3 is 2.83 bits per heavy atom. The summed E-state index contributed by atoms with van der Waals surface area (Å²) < 4.78 is 17.8. The summed E-state index contributed by atoms with van der Waals surface area (Å²) in [5, 5.41) is 20.0. The lowest BCUT2D eigenvalue weighted by Gasteiger charge is -2.17. The average Bonchev–Trinajstić information content (AvgIpc) is 3.76. The third kappa shape index (κ3) is 7.03. The Balaban J connectivity index is 1.33.